The average Bonchev–Trinajstić information content (AvgIpc) is 2.38. The molecule has 1 nitrogen and oxygen atoms in total. The van der Waals surface area contributed by atoms with Gasteiger partial charge in [0.2, 0.25) is 0 Å². The molecule has 1 atom stereocenters. The fraction of sp³-hybridized carbons (Fsp3) is 0.200. The highest BCUT2D eigenvalue weighted by molar-refractivity contribution is 9.10. The van der Waals surface area contributed by atoms with Crippen molar-refractivity contribution in [2.45, 2.75) is 19.1 Å². The Morgan fingerprint density at radius 3 is 2.29 bits per heavy atom. The van der Waals surface area contributed by atoms with Gasteiger partial charge in [0, 0.05) is 21.2 Å². The molecule has 0 radical (unpaired) electrons. The lowest BCUT2D eigenvalue weighted by Crippen LogP contribution is -2.13. The van der Waals surface area contributed by atoms with Crippen molar-refractivity contribution in [2.75, 3.05) is 5.32 Å². The zero-order valence-corrected chi connectivity index (χ0v) is 13.4. The summed E-state index contributed by atoms with van der Waals surface area (Å²) in [6.45, 7) is 1.80. The van der Waals surface area contributed by atoms with Gasteiger partial charge in [-0.1, -0.05) is 39.7 Å². The number of nitrogens with one attached hydrogen (secondary N) is 1. The summed E-state index contributed by atoms with van der Waals surface area (Å²) in [4.78, 5) is 0. The topological polar surface area (TPSA) is 12.0 Å². The molecule has 0 bridgehead atoms. The van der Waals surface area contributed by atoms with Crippen LogP contribution in [-0.2, 0) is 6.18 Å². The standard InChI is InChI=1S/C15H12BrClF3N/c1-9(10-2-5-12(17)6-3-10)21-14-8-11(16)4-7-13(14)15(18,19)20/h2-9,21H,1H3. The molecule has 0 spiro atoms. The largest absolute Gasteiger partial charge is 0.418 e. The van der Waals surface area contributed by atoms with E-state index >= 15 is 0 Å². The van der Waals surface area contributed by atoms with Gasteiger partial charge in [0.25, 0.3) is 0 Å². The second-order valence-electron chi connectivity index (χ2n) is 4.61. The minimum absolute atomic E-state index is 0.0410. The monoisotopic (exact) mass is 377 g/mol. The summed E-state index contributed by atoms with van der Waals surface area (Å²) in [5.74, 6) is 0. The Balaban J connectivity index is 2.30. The lowest BCUT2D eigenvalue weighted by Gasteiger charge is -2.20. The van der Waals surface area contributed by atoms with Crippen molar-refractivity contribution < 1.29 is 13.2 Å². The van der Waals surface area contributed by atoms with Crippen LogP contribution in [0.25, 0.3) is 0 Å². The summed E-state index contributed by atoms with van der Waals surface area (Å²) < 4.78 is 39.6. The van der Waals surface area contributed by atoms with Gasteiger partial charge in [0.05, 0.1) is 5.56 Å². The van der Waals surface area contributed by atoms with Crippen LogP contribution in [0, 0.1) is 0 Å². The number of anilines is 1. The molecular weight excluding hydrogens is 367 g/mol. The van der Waals surface area contributed by atoms with Gasteiger partial charge in [0.1, 0.15) is 0 Å². The smallest absolute Gasteiger partial charge is 0.378 e. The van der Waals surface area contributed by atoms with E-state index in [-0.39, 0.29) is 11.7 Å². The van der Waals surface area contributed by atoms with E-state index in [0.717, 1.165) is 11.6 Å². The number of alkyl halides is 3. The lowest BCUT2D eigenvalue weighted by molar-refractivity contribution is -0.137. The van der Waals surface area contributed by atoms with Gasteiger partial charge in [-0.3, -0.25) is 0 Å². The van der Waals surface area contributed by atoms with E-state index in [9.17, 15) is 13.2 Å². The molecule has 0 aromatic heterocycles. The van der Waals surface area contributed by atoms with E-state index in [2.05, 4.69) is 21.2 Å². The van der Waals surface area contributed by atoms with Crippen LogP contribution >= 0.6 is 27.5 Å². The molecule has 0 heterocycles. The van der Waals surface area contributed by atoms with Crippen LogP contribution < -0.4 is 5.32 Å². The SMILES string of the molecule is CC(Nc1cc(Br)ccc1C(F)(F)F)c1ccc(Cl)cc1. The Morgan fingerprint density at radius 1 is 1.10 bits per heavy atom. The van der Waals surface area contributed by atoms with Crippen LogP contribution in [0.4, 0.5) is 18.9 Å². The van der Waals surface area contributed by atoms with Crippen molar-refractivity contribution in [2.24, 2.45) is 0 Å². The Hall–Kier alpha value is -1.20. The molecule has 112 valence electrons. The van der Waals surface area contributed by atoms with Gasteiger partial charge in [-0.15, -0.1) is 0 Å². The van der Waals surface area contributed by atoms with Crippen LogP contribution in [0.15, 0.2) is 46.9 Å². The van der Waals surface area contributed by atoms with Crippen molar-refractivity contribution in [3.05, 3.63) is 63.1 Å². The Kier molecular flexibility index (Phi) is 4.84. The van der Waals surface area contributed by atoms with Gasteiger partial charge in [-0.2, -0.15) is 13.2 Å². The molecular formula is C15H12BrClF3N. The van der Waals surface area contributed by atoms with Crippen LogP contribution in [0.5, 0.6) is 0 Å². The predicted molar refractivity (Wildman–Crippen MR) is 82.6 cm³/mol. The van der Waals surface area contributed by atoms with Gasteiger partial charge < -0.3 is 5.32 Å². The first-order chi connectivity index (χ1) is 9.77. The highest BCUT2D eigenvalue weighted by Crippen LogP contribution is 2.37. The van der Waals surface area contributed by atoms with E-state index in [1.54, 1.807) is 31.2 Å². The summed E-state index contributed by atoms with van der Waals surface area (Å²) in [5.41, 5.74) is 0.207. The molecule has 21 heavy (non-hydrogen) atoms. The van der Waals surface area contributed by atoms with Gasteiger partial charge in [-0.05, 0) is 42.8 Å². The Bertz CT molecular complexity index is 626. The fourth-order valence-electron chi connectivity index (χ4n) is 1.95. The third-order valence-corrected chi connectivity index (χ3v) is 3.77. The molecule has 0 aliphatic heterocycles. The molecule has 2 aromatic rings. The molecule has 1 unspecified atom stereocenters. The van der Waals surface area contributed by atoms with Gasteiger partial charge in [0.15, 0.2) is 0 Å². The maximum Gasteiger partial charge on any atom is 0.418 e. The number of halogens is 5. The van der Waals surface area contributed by atoms with Crippen LogP contribution in [0.1, 0.15) is 24.1 Å². The molecule has 1 N–H and O–H groups in total. The van der Waals surface area contributed by atoms with Crippen molar-refractivity contribution >= 4 is 33.2 Å². The van der Waals surface area contributed by atoms with Crippen molar-refractivity contribution in [3.8, 4) is 0 Å². The van der Waals surface area contributed by atoms with Crippen LogP contribution in [-0.4, -0.2) is 0 Å². The number of benzene rings is 2. The predicted octanol–water partition coefficient (Wildman–Crippen LogP) is 6.29. The van der Waals surface area contributed by atoms with Crippen molar-refractivity contribution in [1.82, 2.24) is 0 Å². The molecule has 2 aromatic carbocycles. The summed E-state index contributed by atoms with van der Waals surface area (Å²) in [7, 11) is 0. The second kappa shape index (κ2) is 6.28. The van der Waals surface area contributed by atoms with E-state index < -0.39 is 11.7 Å². The number of rotatable bonds is 3. The van der Waals surface area contributed by atoms with Crippen molar-refractivity contribution in [1.29, 1.82) is 0 Å². The lowest BCUT2D eigenvalue weighted by atomic mass is 10.1. The Labute approximate surface area is 134 Å². The van der Waals surface area contributed by atoms with Crippen LogP contribution in [0.3, 0.4) is 0 Å². The quantitative estimate of drug-likeness (QED) is 0.661. The first kappa shape index (κ1) is 16.2. The third kappa shape index (κ3) is 4.14. The number of hydrogen-bond donors (Lipinski definition) is 1. The van der Waals surface area contributed by atoms with Gasteiger partial charge >= 0.3 is 6.18 Å². The van der Waals surface area contributed by atoms with Gasteiger partial charge in [-0.25, -0.2) is 0 Å². The molecule has 0 saturated carbocycles. The third-order valence-electron chi connectivity index (χ3n) is 3.03. The molecule has 0 saturated heterocycles. The summed E-state index contributed by atoms with van der Waals surface area (Å²) >= 11 is 9.00. The molecule has 6 heteroatoms. The molecule has 0 aliphatic carbocycles. The molecule has 0 aliphatic rings. The zero-order valence-electron chi connectivity index (χ0n) is 11.0. The fourth-order valence-corrected chi connectivity index (χ4v) is 2.44. The highest BCUT2D eigenvalue weighted by Gasteiger charge is 2.33. The molecule has 2 rings (SSSR count). The summed E-state index contributed by atoms with van der Waals surface area (Å²) in [6.07, 6.45) is -4.40. The summed E-state index contributed by atoms with van der Waals surface area (Å²) in [6, 6.07) is 10.6. The van der Waals surface area contributed by atoms with E-state index in [0.29, 0.717) is 9.50 Å². The first-order valence-electron chi connectivity index (χ1n) is 6.16. The minimum Gasteiger partial charge on any atom is -0.378 e. The van der Waals surface area contributed by atoms with Crippen LogP contribution in [0.2, 0.25) is 5.02 Å². The minimum atomic E-state index is -4.40. The molecule has 0 fully saturated rings. The van der Waals surface area contributed by atoms with Crippen molar-refractivity contribution in [3.63, 3.8) is 0 Å². The van der Waals surface area contributed by atoms with E-state index in [4.69, 9.17) is 11.6 Å². The van der Waals surface area contributed by atoms with E-state index in [1.807, 2.05) is 0 Å². The second-order valence-corrected chi connectivity index (χ2v) is 5.96. The first-order valence-corrected chi connectivity index (χ1v) is 7.33. The number of hydrogen-bond acceptors (Lipinski definition) is 1. The normalized spacial score (nSPS) is 13.0. The highest BCUT2D eigenvalue weighted by atomic mass is 79.9. The Morgan fingerprint density at radius 2 is 1.71 bits per heavy atom. The average molecular weight is 379 g/mol. The summed E-state index contributed by atoms with van der Waals surface area (Å²) in [5, 5.41) is 3.49. The maximum absolute atomic E-state index is 13.0. The zero-order chi connectivity index (χ0) is 15.6. The maximum atomic E-state index is 13.0. The van der Waals surface area contributed by atoms with E-state index in [1.165, 1.54) is 12.1 Å². The molecule has 0 amide bonds.